The number of methoxy groups -OCH3 is 1. The van der Waals surface area contributed by atoms with E-state index < -0.39 is 71.5 Å². The van der Waals surface area contributed by atoms with E-state index in [1.54, 1.807) is 19.9 Å². The van der Waals surface area contributed by atoms with E-state index in [-0.39, 0.29) is 56.3 Å². The van der Waals surface area contributed by atoms with Gasteiger partial charge in [-0.2, -0.15) is 0 Å². The smallest absolute Gasteiger partial charge is 0.330 e. The molecule has 13 heteroatoms. The molecular weight excluding hydrogens is 688 g/mol. The van der Waals surface area contributed by atoms with Crippen LogP contribution in [0.4, 0.5) is 0 Å². The second kappa shape index (κ2) is 19.5. The van der Waals surface area contributed by atoms with E-state index in [4.69, 9.17) is 28.4 Å². The Balaban J connectivity index is 1.72. The highest BCUT2D eigenvalue weighted by Crippen LogP contribution is 2.47. The molecular formula is C40H64O13. The van der Waals surface area contributed by atoms with Crippen molar-refractivity contribution in [3.63, 3.8) is 0 Å². The lowest BCUT2D eigenvalue weighted by Crippen LogP contribution is -2.62. The fourth-order valence-electron chi connectivity index (χ4n) is 7.96. The van der Waals surface area contributed by atoms with Crippen LogP contribution < -0.4 is 0 Å². The normalized spacial score (nSPS) is 37.5. The van der Waals surface area contributed by atoms with Crippen LogP contribution in [-0.4, -0.2) is 106 Å². The maximum Gasteiger partial charge on any atom is 0.330 e. The van der Waals surface area contributed by atoms with Gasteiger partial charge in [-0.3, -0.25) is 9.59 Å². The fourth-order valence-corrected chi connectivity index (χ4v) is 7.96. The Kier molecular flexibility index (Phi) is 15.9. The number of aliphatic hydroxyl groups excluding tert-OH is 2. The highest BCUT2D eigenvalue weighted by molar-refractivity contribution is 5.83. The van der Waals surface area contributed by atoms with Crippen molar-refractivity contribution in [3.8, 4) is 0 Å². The lowest BCUT2D eigenvalue weighted by Gasteiger charge is -2.51. The number of esters is 3. The lowest BCUT2D eigenvalue weighted by atomic mass is 9.74. The molecule has 0 aromatic carbocycles. The summed E-state index contributed by atoms with van der Waals surface area (Å²) in [6.07, 6.45) is 6.43. The zero-order chi connectivity index (χ0) is 38.8. The van der Waals surface area contributed by atoms with Crippen molar-refractivity contribution in [2.24, 2.45) is 5.41 Å². The van der Waals surface area contributed by atoms with E-state index in [9.17, 15) is 34.8 Å². The molecule has 0 unspecified atom stereocenters. The highest BCUT2D eigenvalue weighted by Gasteiger charge is 2.57. The van der Waals surface area contributed by atoms with Gasteiger partial charge < -0.3 is 48.8 Å². The van der Waals surface area contributed by atoms with Crippen LogP contribution in [-0.2, 0) is 42.8 Å². The van der Waals surface area contributed by atoms with Gasteiger partial charge in [0.1, 0.15) is 6.10 Å². The maximum absolute atomic E-state index is 13.3. The first-order valence-electron chi connectivity index (χ1n) is 19.7. The van der Waals surface area contributed by atoms with E-state index >= 15 is 0 Å². The number of ether oxygens (including phenoxy) is 6. The molecule has 0 amide bonds. The van der Waals surface area contributed by atoms with E-state index in [1.165, 1.54) is 20.1 Å². The van der Waals surface area contributed by atoms with Crippen LogP contribution in [0.15, 0.2) is 23.8 Å². The number of unbranched alkanes of at least 4 members (excludes halogenated alkanes) is 4. The second-order valence-electron chi connectivity index (χ2n) is 16.1. The minimum atomic E-state index is -2.25. The van der Waals surface area contributed by atoms with E-state index in [1.807, 2.05) is 6.08 Å². The molecule has 4 rings (SSSR count). The molecule has 53 heavy (non-hydrogen) atoms. The molecule has 4 heterocycles. The quantitative estimate of drug-likeness (QED) is 0.0825. The highest BCUT2D eigenvalue weighted by atomic mass is 16.7. The number of hydrogen-bond acceptors (Lipinski definition) is 13. The summed E-state index contributed by atoms with van der Waals surface area (Å²) >= 11 is 0. The molecule has 0 radical (unpaired) electrons. The van der Waals surface area contributed by atoms with Crippen molar-refractivity contribution in [1.29, 1.82) is 0 Å². The van der Waals surface area contributed by atoms with Crippen molar-refractivity contribution in [3.05, 3.63) is 23.8 Å². The van der Waals surface area contributed by atoms with Gasteiger partial charge >= 0.3 is 17.9 Å². The molecule has 0 saturated carbocycles. The van der Waals surface area contributed by atoms with Crippen LogP contribution in [0, 0.1) is 5.41 Å². The molecule has 10 atom stereocenters. The maximum atomic E-state index is 13.3. The van der Waals surface area contributed by atoms with Crippen LogP contribution in [0.3, 0.4) is 0 Å². The van der Waals surface area contributed by atoms with Crippen molar-refractivity contribution in [2.75, 3.05) is 7.11 Å². The second-order valence-corrected chi connectivity index (χ2v) is 16.1. The fraction of sp³-hybridized carbons (Fsp3) is 0.825. The number of aliphatic hydroxyl groups is 4. The molecule has 0 aliphatic carbocycles. The van der Waals surface area contributed by atoms with Crippen LogP contribution in [0.2, 0.25) is 0 Å². The number of carbonyl (C=O) groups is 3. The monoisotopic (exact) mass is 752 g/mol. The third kappa shape index (κ3) is 12.3. The molecule has 302 valence electrons. The molecule has 0 spiro atoms. The van der Waals surface area contributed by atoms with Crippen molar-refractivity contribution < 1.29 is 63.2 Å². The summed E-state index contributed by atoms with van der Waals surface area (Å²) in [5.74, 6) is -5.73. The van der Waals surface area contributed by atoms with Gasteiger partial charge in [-0.25, -0.2) is 4.79 Å². The van der Waals surface area contributed by atoms with Gasteiger partial charge in [0, 0.05) is 43.6 Å². The predicted molar refractivity (Wildman–Crippen MR) is 193 cm³/mol. The van der Waals surface area contributed by atoms with Gasteiger partial charge in [0.15, 0.2) is 11.9 Å². The Labute approximate surface area is 314 Å². The van der Waals surface area contributed by atoms with Crippen molar-refractivity contribution >= 4 is 17.9 Å². The number of hydrogen-bond donors (Lipinski definition) is 4. The average molecular weight is 753 g/mol. The Morgan fingerprint density at radius 1 is 1.00 bits per heavy atom. The van der Waals surface area contributed by atoms with Gasteiger partial charge in [0.2, 0.25) is 5.79 Å². The summed E-state index contributed by atoms with van der Waals surface area (Å²) in [5.41, 5.74) is -1.03. The number of carbonyl (C=O) groups excluding carboxylic acids is 3. The van der Waals surface area contributed by atoms with Crippen LogP contribution in [0.1, 0.15) is 137 Å². The Morgan fingerprint density at radius 3 is 2.45 bits per heavy atom. The predicted octanol–water partition coefficient (Wildman–Crippen LogP) is 4.84. The molecule has 3 saturated heterocycles. The van der Waals surface area contributed by atoms with Gasteiger partial charge in [0.25, 0.3) is 0 Å². The lowest BCUT2D eigenvalue weighted by molar-refractivity contribution is -0.327. The standard InChI is InChI=1S/C40H64O13/c1-6-7-8-9-10-16-34(43)51-37-27(21-35(44)48-5)20-32-24-33(26(2)41)50-36(45)23-28(42)22-30-15-12-18-39(46,52-30)25-31-14-11-13-29(49-31)17-19-38(3,4)40(37,47)53-32/h17,19,21,26,28-33,37,41-42,46-47H,6-16,18,20,22-25H2,1-5H3/b19-17-,27-21+/t26-,28-,29-,30+,31+,32+,33-,37+,39-,40-/m1/s1. The van der Waals surface area contributed by atoms with Crippen molar-refractivity contribution in [1.82, 2.24) is 0 Å². The Morgan fingerprint density at radius 2 is 1.74 bits per heavy atom. The van der Waals surface area contributed by atoms with Gasteiger partial charge in [-0.1, -0.05) is 58.6 Å². The molecule has 4 aliphatic rings. The summed E-state index contributed by atoms with van der Waals surface area (Å²) in [4.78, 5) is 39.2. The van der Waals surface area contributed by atoms with E-state index in [0.29, 0.717) is 32.1 Å². The zero-order valence-electron chi connectivity index (χ0n) is 32.3. The van der Waals surface area contributed by atoms with Crippen molar-refractivity contribution in [2.45, 2.75) is 197 Å². The summed E-state index contributed by atoms with van der Waals surface area (Å²) < 4.78 is 35.7. The zero-order valence-corrected chi connectivity index (χ0v) is 32.3. The minimum Gasteiger partial charge on any atom is -0.466 e. The third-order valence-corrected chi connectivity index (χ3v) is 11.1. The largest absolute Gasteiger partial charge is 0.466 e. The van der Waals surface area contributed by atoms with E-state index in [2.05, 4.69) is 6.92 Å². The third-order valence-electron chi connectivity index (χ3n) is 11.1. The summed E-state index contributed by atoms with van der Waals surface area (Å²) in [6, 6.07) is 0. The molecule has 13 nitrogen and oxygen atoms in total. The first-order valence-corrected chi connectivity index (χ1v) is 19.7. The van der Waals surface area contributed by atoms with Gasteiger partial charge in [-0.05, 0) is 57.4 Å². The Hall–Kier alpha value is -2.39. The minimum absolute atomic E-state index is 0.00953. The van der Waals surface area contributed by atoms with Crippen LogP contribution >= 0.6 is 0 Å². The average Bonchev–Trinajstić information content (AvgIpc) is 3.08. The number of fused-ring (bicyclic) bond motifs is 6. The molecule has 3 fully saturated rings. The Bertz CT molecular complexity index is 1280. The first kappa shape index (κ1) is 43.3. The van der Waals surface area contributed by atoms with Gasteiger partial charge in [0.05, 0.1) is 50.2 Å². The molecule has 4 aliphatic heterocycles. The van der Waals surface area contributed by atoms with Crippen LogP contribution in [0.25, 0.3) is 0 Å². The molecule has 0 aromatic heterocycles. The summed E-state index contributed by atoms with van der Waals surface area (Å²) in [6.45, 7) is 7.02. The first-order chi connectivity index (χ1) is 25.1. The summed E-state index contributed by atoms with van der Waals surface area (Å²) in [7, 11) is 1.22. The topological polar surface area (TPSA) is 188 Å². The molecule has 0 aromatic rings. The van der Waals surface area contributed by atoms with E-state index in [0.717, 1.165) is 38.5 Å². The molecule has 4 N–H and O–H groups in total. The molecule has 6 bridgehead atoms. The SMILES string of the molecule is CCCCCCCC(=O)O[C@H]1/C(=C/C(=O)OC)C[C@H]2C[C@H]([C@@H](C)O)OC(=O)C[C@H](O)C[C@@H]3CCC[C@](O)(C[C@@H]4CCC[C@H](/C=C\C(C)(C)[C@]1(O)O2)O4)O3. The number of rotatable bonds is 9. The number of cyclic esters (lactones) is 1. The summed E-state index contributed by atoms with van der Waals surface area (Å²) in [5, 5.41) is 45.8. The van der Waals surface area contributed by atoms with Crippen LogP contribution in [0.5, 0.6) is 0 Å². The van der Waals surface area contributed by atoms with Gasteiger partial charge in [-0.15, -0.1) is 0 Å².